The Labute approximate surface area is 128 Å². The predicted octanol–water partition coefficient (Wildman–Crippen LogP) is 3.54. The van der Waals surface area contributed by atoms with Crippen molar-refractivity contribution in [2.75, 3.05) is 0 Å². The molecular formula is C18H30O3. The van der Waals surface area contributed by atoms with Gasteiger partial charge in [0.05, 0.1) is 12.0 Å². The Balaban J connectivity index is 1.65. The van der Waals surface area contributed by atoms with Crippen molar-refractivity contribution in [2.24, 2.45) is 29.1 Å². The van der Waals surface area contributed by atoms with Crippen LogP contribution < -0.4 is 0 Å². The summed E-state index contributed by atoms with van der Waals surface area (Å²) < 4.78 is 5.51. The first-order valence-corrected chi connectivity index (χ1v) is 8.80. The van der Waals surface area contributed by atoms with Gasteiger partial charge in [-0.2, -0.15) is 0 Å². The number of hydrogen-bond acceptors (Lipinski definition) is 3. The van der Waals surface area contributed by atoms with Gasteiger partial charge in [-0.15, -0.1) is 0 Å². The highest BCUT2D eigenvalue weighted by Gasteiger charge is 2.52. The van der Waals surface area contributed by atoms with Crippen molar-refractivity contribution in [1.82, 2.24) is 0 Å². The molecule has 7 atom stereocenters. The molecule has 1 aliphatic heterocycles. The molecule has 0 bridgehead atoms. The van der Waals surface area contributed by atoms with Crippen molar-refractivity contribution in [2.45, 2.75) is 77.9 Å². The molecule has 0 spiro atoms. The standard InChI is InChI=1S/C18H30O3/c1-11(9-13-10-12(2)17(20)21-13)14-6-7-15-16(19)5-4-8-18(14,15)3/h11-16,19H,4-10H2,1-3H3/t11-,12+,13+,14-,15?,16?,18-/m1/s1. The number of esters is 1. The van der Waals surface area contributed by atoms with Crippen molar-refractivity contribution < 1.29 is 14.6 Å². The maximum Gasteiger partial charge on any atom is 0.309 e. The Kier molecular flexibility index (Phi) is 4.06. The molecule has 0 amide bonds. The van der Waals surface area contributed by atoms with Crippen molar-refractivity contribution in [3.63, 3.8) is 0 Å². The van der Waals surface area contributed by atoms with Gasteiger partial charge in [-0.1, -0.05) is 27.2 Å². The van der Waals surface area contributed by atoms with E-state index in [4.69, 9.17) is 4.74 Å². The first kappa shape index (κ1) is 15.3. The minimum atomic E-state index is -0.0923. The summed E-state index contributed by atoms with van der Waals surface area (Å²) in [5.41, 5.74) is 0.297. The fourth-order valence-electron chi connectivity index (χ4n) is 5.67. The predicted molar refractivity (Wildman–Crippen MR) is 81.6 cm³/mol. The summed E-state index contributed by atoms with van der Waals surface area (Å²) in [6.45, 7) is 6.70. The highest BCUT2D eigenvalue weighted by molar-refractivity contribution is 5.74. The molecule has 120 valence electrons. The lowest BCUT2D eigenvalue weighted by Gasteiger charge is -2.45. The maximum atomic E-state index is 11.6. The molecule has 2 aliphatic carbocycles. The van der Waals surface area contributed by atoms with E-state index < -0.39 is 0 Å². The van der Waals surface area contributed by atoms with Gasteiger partial charge < -0.3 is 9.84 Å². The van der Waals surface area contributed by atoms with Gasteiger partial charge in [0.25, 0.3) is 0 Å². The molecule has 2 saturated carbocycles. The zero-order valence-electron chi connectivity index (χ0n) is 13.7. The van der Waals surface area contributed by atoms with Crippen LogP contribution in [0.5, 0.6) is 0 Å². The second-order valence-corrected chi connectivity index (χ2v) is 8.16. The molecule has 1 N–H and O–H groups in total. The highest BCUT2D eigenvalue weighted by atomic mass is 16.5. The van der Waals surface area contributed by atoms with Gasteiger partial charge in [-0.25, -0.2) is 0 Å². The smallest absolute Gasteiger partial charge is 0.309 e. The molecule has 3 fully saturated rings. The van der Waals surface area contributed by atoms with E-state index >= 15 is 0 Å². The molecule has 1 heterocycles. The van der Waals surface area contributed by atoms with Crippen LogP contribution in [-0.4, -0.2) is 23.3 Å². The third-order valence-electron chi connectivity index (χ3n) is 6.79. The molecule has 0 aromatic heterocycles. The number of ether oxygens (including phenoxy) is 1. The van der Waals surface area contributed by atoms with Crippen molar-refractivity contribution in [3.8, 4) is 0 Å². The van der Waals surface area contributed by atoms with Crippen molar-refractivity contribution >= 4 is 5.97 Å². The number of cyclic esters (lactones) is 1. The average Bonchev–Trinajstić information content (AvgIpc) is 2.91. The normalized spacial score (nSPS) is 48.0. The number of carbonyl (C=O) groups excluding carboxylic acids is 1. The highest BCUT2D eigenvalue weighted by Crippen LogP contribution is 2.58. The molecule has 0 aromatic rings. The summed E-state index contributed by atoms with van der Waals surface area (Å²) in [5, 5.41) is 10.3. The monoisotopic (exact) mass is 294 g/mol. The van der Waals surface area contributed by atoms with Crippen LogP contribution in [-0.2, 0) is 9.53 Å². The molecule has 3 heteroatoms. The Hall–Kier alpha value is -0.570. The van der Waals surface area contributed by atoms with Crippen LogP contribution in [0.25, 0.3) is 0 Å². The van der Waals surface area contributed by atoms with Crippen LogP contribution in [0.4, 0.5) is 0 Å². The number of fused-ring (bicyclic) bond motifs is 1. The fraction of sp³-hybridized carbons (Fsp3) is 0.944. The summed E-state index contributed by atoms with van der Waals surface area (Å²) in [7, 11) is 0. The van der Waals surface area contributed by atoms with Crippen molar-refractivity contribution in [1.29, 1.82) is 0 Å². The van der Waals surface area contributed by atoms with Gasteiger partial charge in [0.2, 0.25) is 0 Å². The summed E-state index contributed by atoms with van der Waals surface area (Å²) in [5.74, 6) is 1.80. The Morgan fingerprint density at radius 3 is 2.81 bits per heavy atom. The molecule has 3 aliphatic rings. The lowest BCUT2D eigenvalue weighted by Crippen LogP contribution is -2.41. The number of rotatable bonds is 3. The molecule has 1 saturated heterocycles. The minimum Gasteiger partial charge on any atom is -0.462 e. The zero-order chi connectivity index (χ0) is 15.2. The number of aliphatic hydroxyl groups excluding tert-OH is 1. The van der Waals surface area contributed by atoms with E-state index in [1.54, 1.807) is 0 Å². The van der Waals surface area contributed by atoms with Crippen LogP contribution >= 0.6 is 0 Å². The van der Waals surface area contributed by atoms with Gasteiger partial charge in [0.15, 0.2) is 0 Å². The summed E-state index contributed by atoms with van der Waals surface area (Å²) in [6, 6.07) is 0. The van der Waals surface area contributed by atoms with Crippen LogP contribution in [0.2, 0.25) is 0 Å². The molecule has 0 radical (unpaired) electrons. The van der Waals surface area contributed by atoms with Crippen LogP contribution in [0, 0.1) is 29.1 Å². The van der Waals surface area contributed by atoms with E-state index in [1.807, 2.05) is 6.92 Å². The molecule has 21 heavy (non-hydrogen) atoms. The largest absolute Gasteiger partial charge is 0.462 e. The van der Waals surface area contributed by atoms with Crippen molar-refractivity contribution in [3.05, 3.63) is 0 Å². The summed E-state index contributed by atoms with van der Waals surface area (Å²) in [4.78, 5) is 11.6. The SMILES string of the molecule is C[C@H](C[C@H]1C[C@H](C)C(=O)O1)[C@H]1CCC2C(O)CCC[C@@]21C. The first-order chi connectivity index (χ1) is 9.91. The average molecular weight is 294 g/mol. The van der Waals surface area contributed by atoms with E-state index in [0.717, 1.165) is 25.7 Å². The number of aliphatic hydroxyl groups is 1. The van der Waals surface area contributed by atoms with E-state index in [9.17, 15) is 9.90 Å². The Bertz CT molecular complexity index is 407. The van der Waals surface area contributed by atoms with Gasteiger partial charge in [0.1, 0.15) is 6.10 Å². The zero-order valence-corrected chi connectivity index (χ0v) is 13.7. The van der Waals surface area contributed by atoms with Crippen LogP contribution in [0.3, 0.4) is 0 Å². The summed E-state index contributed by atoms with van der Waals surface area (Å²) >= 11 is 0. The molecular weight excluding hydrogens is 264 g/mol. The first-order valence-electron chi connectivity index (χ1n) is 8.80. The Morgan fingerprint density at radius 2 is 2.14 bits per heavy atom. The summed E-state index contributed by atoms with van der Waals surface area (Å²) in [6.07, 6.45) is 7.72. The molecule has 0 aromatic carbocycles. The third kappa shape index (κ3) is 2.62. The van der Waals surface area contributed by atoms with E-state index in [0.29, 0.717) is 23.2 Å². The quantitative estimate of drug-likeness (QED) is 0.810. The minimum absolute atomic E-state index is 0.0178. The van der Waals surface area contributed by atoms with Gasteiger partial charge in [-0.05, 0) is 61.7 Å². The van der Waals surface area contributed by atoms with Gasteiger partial charge in [-0.3, -0.25) is 4.79 Å². The van der Waals surface area contributed by atoms with Gasteiger partial charge in [0, 0.05) is 0 Å². The van der Waals surface area contributed by atoms with Crippen LogP contribution in [0.15, 0.2) is 0 Å². The molecule has 2 unspecified atom stereocenters. The topological polar surface area (TPSA) is 46.5 Å². The van der Waals surface area contributed by atoms with Crippen LogP contribution in [0.1, 0.15) is 65.7 Å². The molecule has 3 nitrogen and oxygen atoms in total. The fourth-order valence-corrected chi connectivity index (χ4v) is 5.67. The second kappa shape index (κ2) is 5.57. The number of hydrogen-bond donors (Lipinski definition) is 1. The van der Waals surface area contributed by atoms with E-state index in [2.05, 4.69) is 13.8 Å². The number of carbonyl (C=O) groups is 1. The van der Waals surface area contributed by atoms with Gasteiger partial charge >= 0.3 is 5.97 Å². The van der Waals surface area contributed by atoms with E-state index in [1.165, 1.54) is 19.3 Å². The maximum absolute atomic E-state index is 11.6. The molecule has 3 rings (SSSR count). The Morgan fingerprint density at radius 1 is 1.38 bits per heavy atom. The third-order valence-corrected chi connectivity index (χ3v) is 6.79. The lowest BCUT2D eigenvalue weighted by molar-refractivity contribution is -0.144. The van der Waals surface area contributed by atoms with E-state index in [-0.39, 0.29) is 24.1 Å². The second-order valence-electron chi connectivity index (χ2n) is 8.16. The lowest BCUT2D eigenvalue weighted by atomic mass is 9.61.